The van der Waals surface area contributed by atoms with Crippen LogP contribution >= 0.6 is 11.6 Å². The molecule has 0 bridgehead atoms. The predicted octanol–water partition coefficient (Wildman–Crippen LogP) is 3.98. The van der Waals surface area contributed by atoms with Crippen molar-refractivity contribution in [2.24, 2.45) is 0 Å². The van der Waals surface area contributed by atoms with Crippen LogP contribution in [0, 0.1) is 0 Å². The van der Waals surface area contributed by atoms with Crippen molar-refractivity contribution in [1.82, 2.24) is 5.32 Å². The predicted molar refractivity (Wildman–Crippen MR) is 92.1 cm³/mol. The molecule has 0 unspecified atom stereocenters. The minimum atomic E-state index is -1.09. The number of carboxylic acids is 1. The first-order chi connectivity index (χ1) is 11.6. The molecule has 5 nitrogen and oxygen atoms in total. The molecule has 24 heavy (non-hydrogen) atoms. The lowest BCUT2D eigenvalue weighted by Crippen LogP contribution is -2.24. The number of ether oxygens (including phenoxy) is 1. The second-order valence-corrected chi connectivity index (χ2v) is 5.24. The van der Waals surface area contributed by atoms with E-state index in [2.05, 4.69) is 5.32 Å². The van der Waals surface area contributed by atoms with E-state index < -0.39 is 12.1 Å². The lowest BCUT2D eigenvalue weighted by molar-refractivity contribution is 0.0697. The summed E-state index contributed by atoms with van der Waals surface area (Å²) >= 11 is 6.02. The Labute approximate surface area is 144 Å². The van der Waals surface area contributed by atoms with Crippen molar-refractivity contribution in [1.29, 1.82) is 0 Å². The second kappa shape index (κ2) is 8.74. The van der Waals surface area contributed by atoms with E-state index in [0.29, 0.717) is 5.56 Å². The largest absolute Gasteiger partial charge is 0.478 e. The lowest BCUT2D eigenvalue weighted by atomic mass is 10.1. The molecule has 2 N–H and O–H groups in total. The van der Waals surface area contributed by atoms with E-state index in [1.54, 1.807) is 24.3 Å². The minimum absolute atomic E-state index is 0.0362. The summed E-state index contributed by atoms with van der Waals surface area (Å²) in [6.45, 7) is 0.435. The Kier molecular flexibility index (Phi) is 6.40. The van der Waals surface area contributed by atoms with Crippen LogP contribution in [0.25, 0.3) is 6.08 Å². The van der Waals surface area contributed by atoms with Crippen molar-refractivity contribution in [3.8, 4) is 0 Å². The molecule has 1 amide bonds. The van der Waals surface area contributed by atoms with Gasteiger partial charge in [0, 0.05) is 6.54 Å². The summed E-state index contributed by atoms with van der Waals surface area (Å²) in [7, 11) is 0. The van der Waals surface area contributed by atoms with E-state index in [1.165, 1.54) is 6.07 Å². The Hall–Kier alpha value is -2.79. The Bertz CT molecular complexity index is 744. The van der Waals surface area contributed by atoms with Crippen molar-refractivity contribution in [3.63, 3.8) is 0 Å². The first-order valence-electron chi connectivity index (χ1n) is 7.21. The topological polar surface area (TPSA) is 75.6 Å². The molecule has 0 heterocycles. The highest BCUT2D eigenvalue weighted by atomic mass is 35.5. The van der Waals surface area contributed by atoms with Gasteiger partial charge in [0.25, 0.3) is 0 Å². The van der Waals surface area contributed by atoms with Gasteiger partial charge in [-0.1, -0.05) is 66.2 Å². The molecule has 6 heteroatoms. The molecule has 0 atom stereocenters. The number of alkyl carbamates (subject to hydrolysis) is 1. The summed E-state index contributed by atoms with van der Waals surface area (Å²) in [4.78, 5) is 22.6. The molecule has 0 aliphatic rings. The van der Waals surface area contributed by atoms with Gasteiger partial charge in [-0.05, 0) is 17.2 Å². The molecule has 0 aliphatic heterocycles. The fraction of sp³-hybridized carbons (Fsp3) is 0.111. The number of carbonyl (C=O) groups excluding carboxylic acids is 1. The van der Waals surface area contributed by atoms with Gasteiger partial charge in [0.2, 0.25) is 0 Å². The molecule has 0 aliphatic carbocycles. The van der Waals surface area contributed by atoms with Gasteiger partial charge in [0.1, 0.15) is 6.61 Å². The number of benzene rings is 2. The summed E-state index contributed by atoms with van der Waals surface area (Å²) < 4.78 is 5.07. The SMILES string of the molecule is O=C(NCC=Cc1cccc(C(=O)O)c1Cl)OCc1ccccc1. The fourth-order valence-electron chi connectivity index (χ4n) is 1.95. The van der Waals surface area contributed by atoms with E-state index in [0.717, 1.165) is 5.56 Å². The quantitative estimate of drug-likeness (QED) is 0.830. The zero-order valence-electron chi connectivity index (χ0n) is 12.7. The van der Waals surface area contributed by atoms with E-state index in [4.69, 9.17) is 21.4 Å². The number of halogens is 1. The van der Waals surface area contributed by atoms with Gasteiger partial charge in [-0.15, -0.1) is 0 Å². The number of carbonyl (C=O) groups is 2. The maximum Gasteiger partial charge on any atom is 0.407 e. The Morgan fingerprint density at radius 3 is 2.58 bits per heavy atom. The molecule has 0 radical (unpaired) electrons. The molecule has 0 aromatic heterocycles. The van der Waals surface area contributed by atoms with Gasteiger partial charge in [-0.25, -0.2) is 9.59 Å². The average Bonchev–Trinajstić information content (AvgIpc) is 2.58. The number of nitrogens with one attached hydrogen (secondary N) is 1. The molecule has 2 aromatic rings. The first-order valence-corrected chi connectivity index (χ1v) is 7.58. The third-order valence-corrected chi connectivity index (χ3v) is 3.56. The molecule has 0 saturated carbocycles. The molecular weight excluding hydrogens is 330 g/mol. The van der Waals surface area contributed by atoms with Crippen LogP contribution < -0.4 is 5.32 Å². The van der Waals surface area contributed by atoms with Crippen LogP contribution in [0.3, 0.4) is 0 Å². The van der Waals surface area contributed by atoms with Crippen LogP contribution in [-0.2, 0) is 11.3 Å². The van der Waals surface area contributed by atoms with Gasteiger partial charge in [0.05, 0.1) is 10.6 Å². The van der Waals surface area contributed by atoms with Crippen LogP contribution in [0.4, 0.5) is 4.79 Å². The maximum absolute atomic E-state index is 11.6. The molecular formula is C18H16ClNO4. The second-order valence-electron chi connectivity index (χ2n) is 4.86. The molecule has 0 saturated heterocycles. The van der Waals surface area contributed by atoms with E-state index in [1.807, 2.05) is 30.3 Å². The van der Waals surface area contributed by atoms with Crippen LogP contribution in [0.5, 0.6) is 0 Å². The van der Waals surface area contributed by atoms with Crippen LogP contribution in [0.1, 0.15) is 21.5 Å². The number of hydrogen-bond donors (Lipinski definition) is 2. The van der Waals surface area contributed by atoms with Crippen molar-refractivity contribution in [3.05, 3.63) is 76.3 Å². The highest BCUT2D eigenvalue weighted by molar-refractivity contribution is 6.34. The summed E-state index contributed by atoms with van der Waals surface area (Å²) in [5.41, 5.74) is 1.51. The average molecular weight is 346 g/mol. The third kappa shape index (κ3) is 5.14. The van der Waals surface area contributed by atoms with Crippen LogP contribution in [0.2, 0.25) is 5.02 Å². The Morgan fingerprint density at radius 2 is 1.88 bits per heavy atom. The normalized spacial score (nSPS) is 10.5. The highest BCUT2D eigenvalue weighted by Crippen LogP contribution is 2.22. The number of aromatic carboxylic acids is 1. The van der Waals surface area contributed by atoms with Crippen molar-refractivity contribution in [2.45, 2.75) is 6.61 Å². The van der Waals surface area contributed by atoms with Gasteiger partial charge in [-0.2, -0.15) is 0 Å². The van der Waals surface area contributed by atoms with E-state index in [9.17, 15) is 9.59 Å². The molecule has 0 spiro atoms. The molecule has 2 rings (SSSR count). The standard InChI is InChI=1S/C18H16ClNO4/c19-16-14(8-4-10-15(16)17(21)22)9-5-11-20-18(23)24-12-13-6-2-1-3-7-13/h1-10H,11-12H2,(H,20,23)(H,21,22). The van der Waals surface area contributed by atoms with Crippen molar-refractivity contribution in [2.75, 3.05) is 6.54 Å². The maximum atomic E-state index is 11.6. The highest BCUT2D eigenvalue weighted by Gasteiger charge is 2.10. The van der Waals surface area contributed by atoms with Gasteiger partial charge in [-0.3, -0.25) is 0 Å². The summed E-state index contributed by atoms with van der Waals surface area (Å²) in [6, 6.07) is 14.1. The Morgan fingerprint density at radius 1 is 1.12 bits per heavy atom. The molecule has 2 aromatic carbocycles. The van der Waals surface area contributed by atoms with Gasteiger partial charge in [0.15, 0.2) is 0 Å². The van der Waals surface area contributed by atoms with E-state index >= 15 is 0 Å². The first kappa shape index (κ1) is 17.6. The van der Waals surface area contributed by atoms with Crippen molar-refractivity contribution >= 4 is 29.7 Å². The molecule has 0 fully saturated rings. The van der Waals surface area contributed by atoms with Crippen LogP contribution in [0.15, 0.2) is 54.6 Å². The monoisotopic (exact) mass is 345 g/mol. The molecule has 124 valence electrons. The number of hydrogen-bond acceptors (Lipinski definition) is 3. The summed E-state index contributed by atoms with van der Waals surface area (Å²) in [6.07, 6.45) is 2.77. The van der Waals surface area contributed by atoms with E-state index in [-0.39, 0.29) is 23.7 Å². The lowest BCUT2D eigenvalue weighted by Gasteiger charge is -2.05. The number of rotatable bonds is 6. The number of carboxylic acid groups (broad SMARTS) is 1. The minimum Gasteiger partial charge on any atom is -0.478 e. The third-order valence-electron chi connectivity index (χ3n) is 3.13. The Balaban J connectivity index is 1.81. The smallest absolute Gasteiger partial charge is 0.407 e. The van der Waals surface area contributed by atoms with Crippen molar-refractivity contribution < 1.29 is 19.4 Å². The summed E-state index contributed by atoms with van der Waals surface area (Å²) in [5, 5.41) is 11.7. The fourth-order valence-corrected chi connectivity index (χ4v) is 2.22. The van der Waals surface area contributed by atoms with Gasteiger partial charge >= 0.3 is 12.1 Å². The van der Waals surface area contributed by atoms with Crippen LogP contribution in [-0.4, -0.2) is 23.7 Å². The zero-order valence-corrected chi connectivity index (χ0v) is 13.5. The van der Waals surface area contributed by atoms with Gasteiger partial charge < -0.3 is 15.2 Å². The summed E-state index contributed by atoms with van der Waals surface area (Å²) in [5.74, 6) is -1.09. The number of amides is 1. The zero-order chi connectivity index (χ0) is 17.4.